The number of sulfone groups is 1. The van der Waals surface area contributed by atoms with Crippen LogP contribution in [0.1, 0.15) is 18.4 Å². The molecule has 0 amide bonds. The zero-order valence-electron chi connectivity index (χ0n) is 23.2. The van der Waals surface area contributed by atoms with Gasteiger partial charge in [-0.3, -0.25) is 4.68 Å². The number of ether oxygens (including phenoxy) is 2. The number of nitrogens with one attached hydrogen (secondary N) is 2. The van der Waals surface area contributed by atoms with Crippen LogP contribution in [0.5, 0.6) is 11.5 Å². The van der Waals surface area contributed by atoms with Crippen molar-refractivity contribution in [1.82, 2.24) is 25.1 Å². The Morgan fingerprint density at radius 2 is 1.80 bits per heavy atom. The number of unbranched alkanes of at least 4 members (excludes halogenated alkanes) is 1. The molecule has 214 valence electrons. The van der Waals surface area contributed by atoms with Crippen LogP contribution in [0.25, 0.3) is 21.8 Å². The molecule has 2 N–H and O–H groups in total. The monoisotopic (exact) mass is 574 g/mol. The molecule has 0 fully saturated rings. The molecule has 0 aliphatic rings. The number of methoxy groups -OCH3 is 1. The summed E-state index contributed by atoms with van der Waals surface area (Å²) in [6.07, 6.45) is 6.31. The van der Waals surface area contributed by atoms with Crippen LogP contribution in [-0.4, -0.2) is 67.0 Å². The fraction of sp³-hybridized carbons (Fsp3) is 0.300. The molecule has 0 radical (unpaired) electrons. The van der Waals surface area contributed by atoms with E-state index in [-0.39, 0.29) is 5.75 Å². The van der Waals surface area contributed by atoms with Crippen LogP contribution >= 0.6 is 0 Å². The minimum atomic E-state index is -2.95. The number of benzene rings is 3. The summed E-state index contributed by atoms with van der Waals surface area (Å²) in [5, 5.41) is 13.0. The van der Waals surface area contributed by atoms with Crippen molar-refractivity contribution in [1.29, 1.82) is 0 Å². The third-order valence-corrected chi connectivity index (χ3v) is 7.60. The fourth-order valence-corrected chi connectivity index (χ4v) is 5.05. The predicted molar refractivity (Wildman–Crippen MR) is 162 cm³/mol. The van der Waals surface area contributed by atoms with E-state index in [4.69, 9.17) is 9.47 Å². The Bertz CT molecular complexity index is 1720. The third-order valence-electron chi connectivity index (χ3n) is 6.66. The van der Waals surface area contributed by atoms with Gasteiger partial charge in [0.15, 0.2) is 11.5 Å². The van der Waals surface area contributed by atoms with Crippen molar-refractivity contribution >= 4 is 43.1 Å². The van der Waals surface area contributed by atoms with Crippen LogP contribution in [0.2, 0.25) is 0 Å². The molecule has 0 aliphatic carbocycles. The number of anilines is 2. The SMILES string of the molecule is COc1cc2ncnc(Nc3ccc4c(cnn4Cc4ccccc4)c3)c2cc1OCCCCNCCS(C)(=O)=O. The Labute approximate surface area is 239 Å². The molecule has 5 rings (SSSR count). The van der Waals surface area contributed by atoms with Crippen molar-refractivity contribution in [3.8, 4) is 11.5 Å². The van der Waals surface area contributed by atoms with Crippen LogP contribution < -0.4 is 20.1 Å². The van der Waals surface area contributed by atoms with Gasteiger partial charge in [0, 0.05) is 35.3 Å². The lowest BCUT2D eigenvalue weighted by atomic mass is 10.2. The zero-order valence-corrected chi connectivity index (χ0v) is 24.0. The smallest absolute Gasteiger partial charge is 0.162 e. The van der Waals surface area contributed by atoms with Gasteiger partial charge in [0.2, 0.25) is 0 Å². The standard InChI is InChI=1S/C30H34N6O4S/c1-39-28-18-26-25(17-29(28)40-14-7-6-12-31-13-15-41(2,37)38)30(33-21-32-26)35-24-10-11-27-23(16-24)19-34-36(27)20-22-8-4-3-5-9-22/h3-5,8-11,16-19,21,31H,6-7,12-15,20H2,1-2H3,(H,32,33,35). The fourth-order valence-electron chi connectivity index (χ4n) is 4.54. The minimum absolute atomic E-state index is 0.141. The van der Waals surface area contributed by atoms with Crippen LogP contribution in [0.4, 0.5) is 11.5 Å². The van der Waals surface area contributed by atoms with Gasteiger partial charge in [0.25, 0.3) is 0 Å². The van der Waals surface area contributed by atoms with E-state index in [0.717, 1.165) is 46.9 Å². The van der Waals surface area contributed by atoms with Crippen LogP contribution in [-0.2, 0) is 16.4 Å². The molecule has 0 saturated carbocycles. The normalized spacial score (nSPS) is 11.7. The van der Waals surface area contributed by atoms with Crippen molar-refractivity contribution in [2.75, 3.05) is 44.1 Å². The summed E-state index contributed by atoms with van der Waals surface area (Å²) in [6.45, 7) is 2.38. The highest BCUT2D eigenvalue weighted by Gasteiger charge is 2.13. The molecule has 0 atom stereocenters. The molecule has 0 unspecified atom stereocenters. The molecule has 11 heteroatoms. The second-order valence-corrected chi connectivity index (χ2v) is 12.1. The molecule has 41 heavy (non-hydrogen) atoms. The summed E-state index contributed by atoms with van der Waals surface area (Å²) < 4.78 is 36.1. The summed E-state index contributed by atoms with van der Waals surface area (Å²) in [6, 6.07) is 20.2. The van der Waals surface area contributed by atoms with Crippen LogP contribution in [0, 0.1) is 0 Å². The van der Waals surface area contributed by atoms with E-state index >= 15 is 0 Å². The lowest BCUT2D eigenvalue weighted by Crippen LogP contribution is -2.23. The summed E-state index contributed by atoms with van der Waals surface area (Å²) in [5.74, 6) is 2.01. The number of nitrogens with zero attached hydrogens (tertiary/aromatic N) is 4. The molecule has 10 nitrogen and oxygen atoms in total. The summed E-state index contributed by atoms with van der Waals surface area (Å²) in [4.78, 5) is 8.94. The quantitative estimate of drug-likeness (QED) is 0.184. The van der Waals surface area contributed by atoms with E-state index in [1.807, 2.05) is 47.3 Å². The number of hydrogen-bond acceptors (Lipinski definition) is 9. The molecule has 0 saturated heterocycles. The van der Waals surface area contributed by atoms with E-state index in [9.17, 15) is 8.42 Å². The average molecular weight is 575 g/mol. The predicted octanol–water partition coefficient (Wildman–Crippen LogP) is 4.57. The highest BCUT2D eigenvalue weighted by molar-refractivity contribution is 7.90. The van der Waals surface area contributed by atoms with E-state index in [1.165, 1.54) is 18.1 Å². The lowest BCUT2D eigenvalue weighted by molar-refractivity contribution is 0.286. The van der Waals surface area contributed by atoms with Crippen LogP contribution in [0.3, 0.4) is 0 Å². The topological polar surface area (TPSA) is 120 Å². The molecule has 0 spiro atoms. The molecule has 0 bridgehead atoms. The van der Waals surface area contributed by atoms with Crippen molar-refractivity contribution in [2.45, 2.75) is 19.4 Å². The Kier molecular flexibility index (Phi) is 8.95. The van der Waals surface area contributed by atoms with Gasteiger partial charge >= 0.3 is 0 Å². The zero-order chi connectivity index (χ0) is 28.7. The van der Waals surface area contributed by atoms with Gasteiger partial charge < -0.3 is 20.1 Å². The maximum Gasteiger partial charge on any atom is 0.162 e. The van der Waals surface area contributed by atoms with Gasteiger partial charge in [0.05, 0.1) is 43.2 Å². The molecule has 2 aromatic heterocycles. The van der Waals surface area contributed by atoms with Gasteiger partial charge in [-0.25, -0.2) is 18.4 Å². The molecule has 2 heterocycles. The minimum Gasteiger partial charge on any atom is -0.493 e. The molecule has 5 aromatic rings. The number of aromatic nitrogens is 4. The average Bonchev–Trinajstić information content (AvgIpc) is 3.36. The molecule has 0 aliphatic heterocycles. The van der Waals surface area contributed by atoms with Crippen molar-refractivity contribution in [3.05, 3.63) is 78.8 Å². The van der Waals surface area contributed by atoms with Gasteiger partial charge in [-0.1, -0.05) is 30.3 Å². The molecule has 3 aromatic carbocycles. The summed E-state index contributed by atoms with van der Waals surface area (Å²) >= 11 is 0. The second-order valence-electron chi connectivity index (χ2n) is 9.86. The van der Waals surface area contributed by atoms with Crippen molar-refractivity contribution < 1.29 is 17.9 Å². The van der Waals surface area contributed by atoms with Crippen molar-refractivity contribution in [3.63, 3.8) is 0 Å². The summed E-state index contributed by atoms with van der Waals surface area (Å²) in [5.41, 5.74) is 3.87. The first kappa shape index (κ1) is 28.3. The Morgan fingerprint density at radius 1 is 0.951 bits per heavy atom. The lowest BCUT2D eigenvalue weighted by Gasteiger charge is -2.14. The number of rotatable bonds is 14. The van der Waals surface area contributed by atoms with Gasteiger partial charge in [-0.15, -0.1) is 0 Å². The molecular formula is C30H34N6O4S. The Hall–Kier alpha value is -4.22. The first-order chi connectivity index (χ1) is 19.9. The Morgan fingerprint density at radius 3 is 2.61 bits per heavy atom. The Balaban J connectivity index is 1.26. The number of fused-ring (bicyclic) bond motifs is 2. The maximum absolute atomic E-state index is 11.2. The van der Waals surface area contributed by atoms with E-state index in [1.54, 1.807) is 7.11 Å². The van der Waals surface area contributed by atoms with Crippen molar-refractivity contribution in [2.24, 2.45) is 0 Å². The van der Waals surface area contributed by atoms with E-state index in [2.05, 4.69) is 50.0 Å². The van der Waals surface area contributed by atoms with E-state index < -0.39 is 9.84 Å². The van der Waals surface area contributed by atoms with Gasteiger partial charge in [0.1, 0.15) is 22.0 Å². The largest absolute Gasteiger partial charge is 0.493 e. The van der Waals surface area contributed by atoms with Crippen LogP contribution in [0.15, 0.2) is 73.2 Å². The van der Waals surface area contributed by atoms with E-state index in [0.29, 0.717) is 37.0 Å². The summed E-state index contributed by atoms with van der Waals surface area (Å²) in [7, 11) is -1.34. The first-order valence-electron chi connectivity index (χ1n) is 13.5. The maximum atomic E-state index is 11.2. The number of hydrogen-bond donors (Lipinski definition) is 2. The van der Waals surface area contributed by atoms with Gasteiger partial charge in [-0.05, 0) is 49.2 Å². The highest BCUT2D eigenvalue weighted by atomic mass is 32.2. The second kappa shape index (κ2) is 13.0. The van der Waals surface area contributed by atoms with Gasteiger partial charge in [-0.2, -0.15) is 5.10 Å². The first-order valence-corrected chi connectivity index (χ1v) is 15.6. The highest BCUT2D eigenvalue weighted by Crippen LogP contribution is 2.35. The third kappa shape index (κ3) is 7.50. The molecular weight excluding hydrogens is 540 g/mol.